The number of nitrogens with two attached hydrogens (primary N) is 1. The van der Waals surface area contributed by atoms with Crippen LogP contribution in [0, 0.1) is 22.7 Å². The zero-order chi connectivity index (χ0) is 29.9. The highest BCUT2D eigenvalue weighted by molar-refractivity contribution is 7.07. The molecule has 1 atom stereocenters. The van der Waals surface area contributed by atoms with Crippen LogP contribution in [0.25, 0.3) is 60.6 Å². The summed E-state index contributed by atoms with van der Waals surface area (Å²) >= 11 is 1.24. The molecular formula is C38H22N4OS. The minimum absolute atomic E-state index is 0.0622. The van der Waals surface area contributed by atoms with Crippen LogP contribution in [-0.2, 0) is 0 Å². The van der Waals surface area contributed by atoms with Crippen molar-refractivity contribution in [1.82, 2.24) is 4.57 Å². The van der Waals surface area contributed by atoms with E-state index in [-0.39, 0.29) is 17.0 Å². The van der Waals surface area contributed by atoms with Gasteiger partial charge in [-0.15, -0.1) is 11.3 Å². The smallest absolute Gasteiger partial charge is 0.274 e. The first kappa shape index (κ1) is 25.7. The highest BCUT2D eigenvalue weighted by Crippen LogP contribution is 2.43. The van der Waals surface area contributed by atoms with Gasteiger partial charge < -0.3 is 5.73 Å². The average molecular weight is 583 g/mol. The summed E-state index contributed by atoms with van der Waals surface area (Å²) in [6, 6.07) is 41.1. The molecular weight excluding hydrogens is 561 g/mol. The van der Waals surface area contributed by atoms with Crippen LogP contribution in [0.5, 0.6) is 0 Å². The summed E-state index contributed by atoms with van der Waals surface area (Å²) in [5.41, 5.74) is 8.66. The maximum absolute atomic E-state index is 14.1. The van der Waals surface area contributed by atoms with Crippen molar-refractivity contribution in [3.05, 3.63) is 145 Å². The number of benzene rings is 6. The summed E-state index contributed by atoms with van der Waals surface area (Å²) in [5, 5.41) is 29.3. The second-order valence-electron chi connectivity index (χ2n) is 10.9. The Balaban J connectivity index is 1.50. The molecule has 5 nitrogen and oxygen atoms in total. The first-order valence-corrected chi connectivity index (χ1v) is 15.0. The van der Waals surface area contributed by atoms with E-state index in [4.69, 9.17) is 5.73 Å². The van der Waals surface area contributed by atoms with Crippen LogP contribution in [0.15, 0.2) is 120 Å². The third kappa shape index (κ3) is 3.66. The average Bonchev–Trinajstić information content (AvgIpc) is 3.38. The molecule has 44 heavy (non-hydrogen) atoms. The van der Waals surface area contributed by atoms with E-state index in [2.05, 4.69) is 48.5 Å². The molecule has 6 aromatic carbocycles. The van der Waals surface area contributed by atoms with Crippen molar-refractivity contribution in [3.63, 3.8) is 0 Å². The highest BCUT2D eigenvalue weighted by atomic mass is 32.1. The minimum Gasteiger partial charge on any atom is -0.384 e. The summed E-state index contributed by atoms with van der Waals surface area (Å²) in [5.74, 6) is -0.669. The molecule has 1 aliphatic rings. The number of rotatable bonds is 2. The number of allylic oxidation sites excluding steroid dienone is 1. The number of hydrogen-bond acceptors (Lipinski definition) is 5. The third-order valence-corrected chi connectivity index (χ3v) is 9.69. The van der Waals surface area contributed by atoms with Crippen LogP contribution in [0.3, 0.4) is 0 Å². The van der Waals surface area contributed by atoms with E-state index in [1.807, 2.05) is 78.9 Å². The van der Waals surface area contributed by atoms with Gasteiger partial charge in [0, 0.05) is 0 Å². The highest BCUT2D eigenvalue weighted by Gasteiger charge is 2.34. The maximum Gasteiger partial charge on any atom is 0.274 e. The Hall–Kier alpha value is -5.95. The standard InChI is InChI=1S/C38H22N4OS/c39-20-31-35(34-28-15-7-3-11-24(28)18-25-12-4-8-16-29(25)34)32(21-40)38-42(36(31)41)37(43)33(44-38)19-30-26-13-5-1-9-22(26)17-23-10-2-6-14-27(23)30/h1-19,35H,41H2/b33-19-. The molecule has 1 aromatic heterocycles. The minimum atomic E-state index is -0.731. The molecule has 0 saturated heterocycles. The monoisotopic (exact) mass is 582 g/mol. The van der Waals surface area contributed by atoms with Crippen molar-refractivity contribution in [3.8, 4) is 12.1 Å². The van der Waals surface area contributed by atoms with Crippen LogP contribution in [0.4, 0.5) is 0 Å². The van der Waals surface area contributed by atoms with E-state index < -0.39 is 5.92 Å². The molecule has 0 spiro atoms. The van der Waals surface area contributed by atoms with Crippen LogP contribution < -0.4 is 20.5 Å². The van der Waals surface area contributed by atoms with Gasteiger partial charge in [0.15, 0.2) is 0 Å². The molecule has 1 aliphatic heterocycles. The van der Waals surface area contributed by atoms with Gasteiger partial charge in [-0.05, 0) is 72.4 Å². The number of aromatic nitrogens is 1. The summed E-state index contributed by atoms with van der Waals surface area (Å²) in [7, 11) is 0. The fourth-order valence-corrected chi connectivity index (χ4v) is 7.75. The molecule has 2 heterocycles. The Morgan fingerprint density at radius 2 is 1.14 bits per heavy atom. The molecule has 1 unspecified atom stereocenters. The second kappa shape index (κ2) is 9.81. The third-order valence-electron chi connectivity index (χ3n) is 8.58. The lowest BCUT2D eigenvalue weighted by Crippen LogP contribution is -2.38. The van der Waals surface area contributed by atoms with Gasteiger partial charge in [-0.1, -0.05) is 97.1 Å². The van der Waals surface area contributed by atoms with Crippen LogP contribution >= 0.6 is 11.3 Å². The maximum atomic E-state index is 14.1. The van der Waals surface area contributed by atoms with Crippen molar-refractivity contribution < 1.29 is 0 Å². The Kier molecular flexibility index (Phi) is 5.74. The molecule has 0 saturated carbocycles. The number of nitrogens with zero attached hydrogens (tertiary/aromatic N) is 3. The Bertz CT molecular complexity index is 2570. The molecule has 8 rings (SSSR count). The van der Waals surface area contributed by atoms with Gasteiger partial charge in [-0.2, -0.15) is 10.5 Å². The van der Waals surface area contributed by atoms with Gasteiger partial charge >= 0.3 is 0 Å². The predicted octanol–water partition coefficient (Wildman–Crippen LogP) is 6.47. The van der Waals surface area contributed by atoms with Crippen LogP contribution in [0.1, 0.15) is 17.0 Å². The molecule has 206 valence electrons. The summed E-state index contributed by atoms with van der Waals surface area (Å²) < 4.78 is 2.25. The topological polar surface area (TPSA) is 95.6 Å². The number of nitriles is 2. The summed E-state index contributed by atoms with van der Waals surface area (Å²) in [6.45, 7) is 0. The fourth-order valence-electron chi connectivity index (χ4n) is 6.64. The van der Waals surface area contributed by atoms with Gasteiger partial charge in [0.1, 0.15) is 10.5 Å². The lowest BCUT2D eigenvalue weighted by atomic mass is 9.79. The van der Waals surface area contributed by atoms with Crippen molar-refractivity contribution in [2.75, 3.05) is 0 Å². The molecule has 0 radical (unpaired) electrons. The number of thiazole rings is 1. The van der Waals surface area contributed by atoms with Gasteiger partial charge in [-0.3, -0.25) is 9.36 Å². The Labute approximate surface area is 255 Å². The van der Waals surface area contributed by atoms with Crippen LogP contribution in [0.2, 0.25) is 0 Å². The van der Waals surface area contributed by atoms with E-state index in [9.17, 15) is 15.3 Å². The zero-order valence-corrected chi connectivity index (χ0v) is 24.1. The van der Waals surface area contributed by atoms with Crippen LogP contribution in [-0.4, -0.2) is 4.57 Å². The van der Waals surface area contributed by atoms with Gasteiger partial charge in [0.2, 0.25) is 0 Å². The normalized spacial score (nSPS) is 15.2. The van der Waals surface area contributed by atoms with E-state index in [0.29, 0.717) is 14.8 Å². The summed E-state index contributed by atoms with van der Waals surface area (Å²) in [6.07, 6.45) is 1.90. The number of hydrogen-bond donors (Lipinski definition) is 1. The fraction of sp³-hybridized carbons (Fsp3) is 0.0263. The molecule has 0 aliphatic carbocycles. The lowest BCUT2D eigenvalue weighted by Gasteiger charge is -2.25. The van der Waals surface area contributed by atoms with Crippen molar-refractivity contribution in [2.45, 2.75) is 5.92 Å². The first-order valence-electron chi connectivity index (χ1n) is 14.2. The van der Waals surface area contributed by atoms with Gasteiger partial charge in [-0.25, -0.2) is 0 Å². The largest absolute Gasteiger partial charge is 0.384 e. The van der Waals surface area contributed by atoms with E-state index in [0.717, 1.165) is 54.2 Å². The van der Waals surface area contributed by atoms with Crippen molar-refractivity contribution in [2.24, 2.45) is 5.73 Å². The summed E-state index contributed by atoms with van der Waals surface area (Å²) in [4.78, 5) is 14.1. The van der Waals surface area contributed by atoms with Gasteiger partial charge in [0.25, 0.3) is 5.56 Å². The SMILES string of the molecule is N#CC1=C(N)n2c(s/c(=C\c3c4ccccc4cc4ccccc34)c2=O)=C(C#N)C1c1c2ccccc2cc2ccccc12. The predicted molar refractivity (Wildman–Crippen MR) is 179 cm³/mol. The quantitative estimate of drug-likeness (QED) is 0.236. The molecule has 0 amide bonds. The van der Waals surface area contributed by atoms with E-state index in [1.165, 1.54) is 15.9 Å². The molecule has 0 fully saturated rings. The Morgan fingerprint density at radius 3 is 1.64 bits per heavy atom. The lowest BCUT2D eigenvalue weighted by molar-refractivity contribution is 0.913. The zero-order valence-electron chi connectivity index (χ0n) is 23.3. The molecule has 2 N–H and O–H groups in total. The molecule has 6 heteroatoms. The van der Waals surface area contributed by atoms with Crippen molar-refractivity contribution >= 4 is 71.9 Å². The van der Waals surface area contributed by atoms with Gasteiger partial charge in [0.05, 0.1) is 33.7 Å². The Morgan fingerprint density at radius 1 is 0.682 bits per heavy atom. The molecule has 0 bridgehead atoms. The second-order valence-corrected chi connectivity index (χ2v) is 11.9. The first-order chi connectivity index (χ1) is 21.6. The van der Waals surface area contributed by atoms with E-state index >= 15 is 0 Å². The van der Waals surface area contributed by atoms with Crippen molar-refractivity contribution in [1.29, 1.82) is 10.5 Å². The number of fused-ring (bicyclic) bond motifs is 5. The van der Waals surface area contributed by atoms with E-state index in [1.54, 1.807) is 0 Å². The molecule has 7 aromatic rings.